The molecule has 0 unspecified atom stereocenters. The highest BCUT2D eigenvalue weighted by molar-refractivity contribution is 5.98. The van der Waals surface area contributed by atoms with Crippen molar-refractivity contribution in [2.45, 2.75) is 32.4 Å². The molecule has 4 heterocycles. The van der Waals surface area contributed by atoms with Gasteiger partial charge in [-0.2, -0.15) is 0 Å². The quantitative estimate of drug-likeness (QED) is 0.543. The first kappa shape index (κ1) is 25.2. The summed E-state index contributed by atoms with van der Waals surface area (Å²) in [6.07, 6.45) is 8.21. The number of rotatable bonds is 7. The van der Waals surface area contributed by atoms with Crippen LogP contribution in [0.5, 0.6) is 5.88 Å². The average molecular weight is 490 g/mol. The number of fused-ring (bicyclic) bond motifs is 1. The molecule has 188 valence electrons. The van der Waals surface area contributed by atoms with Gasteiger partial charge in [-0.1, -0.05) is 13.0 Å². The number of ether oxygens (including phenoxy) is 1. The number of pyridine rings is 3. The van der Waals surface area contributed by atoms with Crippen LogP contribution >= 0.6 is 0 Å². The second-order valence-corrected chi connectivity index (χ2v) is 9.25. The summed E-state index contributed by atoms with van der Waals surface area (Å²) in [5.41, 5.74) is 2.80. The van der Waals surface area contributed by atoms with E-state index in [4.69, 9.17) is 4.74 Å². The van der Waals surface area contributed by atoms with Crippen LogP contribution in [0, 0.1) is 5.92 Å². The topological polar surface area (TPSA) is 109 Å². The largest absolute Gasteiger partial charge is 0.472 e. The standard InChI is InChI=1S/C27H31N5O4/c1-18-15-32(19(2)17-33)27(35)23-12-22(21-6-9-28-10-7-21)14-30-26(23)36-24(18)16-31(3)25(34)11-20-5-4-8-29-13-20/h4-10,12-14,18-19,24,33H,11,15-17H2,1-3H3/t18-,19+,24-/m1/s1. The fourth-order valence-electron chi connectivity index (χ4n) is 4.21. The Kier molecular flexibility index (Phi) is 7.90. The van der Waals surface area contributed by atoms with Gasteiger partial charge in [-0.15, -0.1) is 0 Å². The Hall–Kier alpha value is -3.85. The average Bonchev–Trinajstić information content (AvgIpc) is 2.91. The van der Waals surface area contributed by atoms with E-state index >= 15 is 0 Å². The van der Waals surface area contributed by atoms with Gasteiger partial charge in [0.2, 0.25) is 11.8 Å². The molecule has 9 heteroatoms. The van der Waals surface area contributed by atoms with E-state index in [0.29, 0.717) is 18.7 Å². The number of hydrogen-bond acceptors (Lipinski definition) is 7. The minimum atomic E-state index is -0.410. The van der Waals surface area contributed by atoms with Gasteiger partial charge in [-0.3, -0.25) is 19.6 Å². The second kappa shape index (κ2) is 11.3. The van der Waals surface area contributed by atoms with Crippen molar-refractivity contribution in [3.05, 3.63) is 72.4 Å². The van der Waals surface area contributed by atoms with Gasteiger partial charge < -0.3 is 19.6 Å². The molecule has 4 rings (SSSR count). The summed E-state index contributed by atoms with van der Waals surface area (Å²) in [7, 11) is 1.74. The lowest BCUT2D eigenvalue weighted by molar-refractivity contribution is -0.130. The third-order valence-corrected chi connectivity index (χ3v) is 6.49. The van der Waals surface area contributed by atoms with Crippen LogP contribution in [0.2, 0.25) is 0 Å². The van der Waals surface area contributed by atoms with Crippen LogP contribution in [0.25, 0.3) is 11.1 Å². The summed E-state index contributed by atoms with van der Waals surface area (Å²) < 4.78 is 6.30. The summed E-state index contributed by atoms with van der Waals surface area (Å²) in [5, 5.41) is 9.85. The van der Waals surface area contributed by atoms with E-state index in [0.717, 1.165) is 16.7 Å². The first-order valence-electron chi connectivity index (χ1n) is 12.0. The second-order valence-electron chi connectivity index (χ2n) is 9.25. The first-order valence-corrected chi connectivity index (χ1v) is 12.0. The molecule has 0 bridgehead atoms. The third kappa shape index (κ3) is 5.68. The van der Waals surface area contributed by atoms with Crippen LogP contribution < -0.4 is 4.74 Å². The molecule has 0 spiro atoms. The summed E-state index contributed by atoms with van der Waals surface area (Å²) in [5.74, 6) is -0.205. The predicted octanol–water partition coefficient (Wildman–Crippen LogP) is 2.46. The molecule has 1 N–H and O–H groups in total. The Bertz CT molecular complexity index is 1190. The molecule has 0 aliphatic carbocycles. The van der Waals surface area contributed by atoms with Crippen LogP contribution in [-0.2, 0) is 11.2 Å². The summed E-state index contributed by atoms with van der Waals surface area (Å²) >= 11 is 0. The lowest BCUT2D eigenvalue weighted by Gasteiger charge is -2.37. The van der Waals surface area contributed by atoms with Gasteiger partial charge in [0, 0.05) is 56.1 Å². The van der Waals surface area contributed by atoms with Crippen molar-refractivity contribution < 1.29 is 19.4 Å². The number of amides is 2. The Labute approximate surface area is 210 Å². The zero-order chi connectivity index (χ0) is 25.7. The molecule has 3 aromatic heterocycles. The van der Waals surface area contributed by atoms with Crippen LogP contribution in [0.4, 0.5) is 0 Å². The first-order chi connectivity index (χ1) is 17.4. The molecule has 2 amide bonds. The zero-order valence-corrected chi connectivity index (χ0v) is 20.7. The minimum Gasteiger partial charge on any atom is -0.472 e. The van der Waals surface area contributed by atoms with Crippen molar-refractivity contribution in [1.82, 2.24) is 24.8 Å². The molecular formula is C27H31N5O4. The number of hydrogen-bond donors (Lipinski definition) is 1. The molecule has 0 aromatic carbocycles. The van der Waals surface area contributed by atoms with Gasteiger partial charge in [0.25, 0.3) is 5.91 Å². The van der Waals surface area contributed by atoms with Crippen molar-refractivity contribution in [3.8, 4) is 17.0 Å². The molecule has 0 saturated carbocycles. The van der Waals surface area contributed by atoms with Gasteiger partial charge >= 0.3 is 0 Å². The Balaban J connectivity index is 1.62. The molecule has 1 aliphatic heterocycles. The van der Waals surface area contributed by atoms with E-state index in [1.807, 2.05) is 32.0 Å². The van der Waals surface area contributed by atoms with E-state index in [2.05, 4.69) is 15.0 Å². The van der Waals surface area contributed by atoms with E-state index in [9.17, 15) is 14.7 Å². The molecule has 0 saturated heterocycles. The molecule has 0 fully saturated rings. The highest BCUT2D eigenvalue weighted by Crippen LogP contribution is 2.30. The molecule has 9 nitrogen and oxygen atoms in total. The van der Waals surface area contributed by atoms with Crippen LogP contribution in [0.1, 0.15) is 29.8 Å². The van der Waals surface area contributed by atoms with Crippen molar-refractivity contribution in [2.24, 2.45) is 5.92 Å². The normalized spacial score (nSPS) is 18.4. The number of aliphatic hydroxyl groups is 1. The Morgan fingerprint density at radius 2 is 1.97 bits per heavy atom. The van der Waals surface area contributed by atoms with Crippen LogP contribution in [-0.4, -0.2) is 80.6 Å². The highest BCUT2D eigenvalue weighted by Gasteiger charge is 2.34. The summed E-state index contributed by atoms with van der Waals surface area (Å²) in [4.78, 5) is 42.4. The minimum absolute atomic E-state index is 0.0567. The lowest BCUT2D eigenvalue weighted by atomic mass is 9.99. The van der Waals surface area contributed by atoms with Gasteiger partial charge in [0.15, 0.2) is 0 Å². The Morgan fingerprint density at radius 1 is 1.19 bits per heavy atom. The number of carbonyl (C=O) groups is 2. The SMILES string of the molecule is C[C@@H]1CN([C@@H](C)CO)C(=O)c2cc(-c3ccncc3)cnc2O[C@@H]1CN(C)C(=O)Cc1cccnc1. The molecule has 1 aliphatic rings. The maximum absolute atomic E-state index is 13.6. The van der Waals surface area contributed by atoms with Crippen LogP contribution in [0.15, 0.2) is 61.3 Å². The van der Waals surface area contributed by atoms with Crippen molar-refractivity contribution in [1.29, 1.82) is 0 Å². The van der Waals surface area contributed by atoms with Crippen LogP contribution in [0.3, 0.4) is 0 Å². The highest BCUT2D eigenvalue weighted by atomic mass is 16.5. The van der Waals surface area contributed by atoms with Gasteiger partial charge in [0.05, 0.1) is 25.6 Å². The molecular weight excluding hydrogens is 458 g/mol. The monoisotopic (exact) mass is 489 g/mol. The van der Waals surface area contributed by atoms with Crippen molar-refractivity contribution in [2.75, 3.05) is 26.7 Å². The fraction of sp³-hybridized carbons (Fsp3) is 0.370. The molecule has 36 heavy (non-hydrogen) atoms. The molecule has 3 aromatic rings. The van der Waals surface area contributed by atoms with E-state index in [1.165, 1.54) is 0 Å². The number of likely N-dealkylation sites (N-methyl/N-ethyl adjacent to an activating group) is 1. The fourth-order valence-corrected chi connectivity index (χ4v) is 4.21. The molecule has 3 atom stereocenters. The summed E-state index contributed by atoms with van der Waals surface area (Å²) in [6.45, 7) is 4.31. The number of aliphatic hydroxyl groups excluding tert-OH is 1. The van der Waals surface area contributed by atoms with Gasteiger partial charge in [-0.05, 0) is 42.3 Å². The maximum atomic E-state index is 13.6. The predicted molar refractivity (Wildman–Crippen MR) is 134 cm³/mol. The number of carbonyl (C=O) groups excluding carboxylic acids is 2. The lowest BCUT2D eigenvalue weighted by Crippen LogP contribution is -2.50. The van der Waals surface area contributed by atoms with E-state index in [1.54, 1.807) is 60.0 Å². The third-order valence-electron chi connectivity index (χ3n) is 6.49. The van der Waals surface area contributed by atoms with Crippen molar-refractivity contribution in [3.63, 3.8) is 0 Å². The smallest absolute Gasteiger partial charge is 0.259 e. The number of aromatic nitrogens is 3. The zero-order valence-electron chi connectivity index (χ0n) is 20.7. The Morgan fingerprint density at radius 3 is 2.67 bits per heavy atom. The van der Waals surface area contributed by atoms with E-state index in [-0.39, 0.29) is 42.7 Å². The molecule has 0 radical (unpaired) electrons. The summed E-state index contributed by atoms with van der Waals surface area (Å²) in [6, 6.07) is 8.74. The number of nitrogens with zero attached hydrogens (tertiary/aromatic N) is 5. The van der Waals surface area contributed by atoms with Gasteiger partial charge in [-0.25, -0.2) is 4.98 Å². The van der Waals surface area contributed by atoms with Gasteiger partial charge in [0.1, 0.15) is 11.7 Å². The van der Waals surface area contributed by atoms with Crippen molar-refractivity contribution >= 4 is 11.8 Å². The maximum Gasteiger partial charge on any atom is 0.259 e. The van der Waals surface area contributed by atoms with E-state index < -0.39 is 6.10 Å².